The molecule has 1 aliphatic carbocycles. The van der Waals surface area contributed by atoms with Crippen LogP contribution in [0.5, 0.6) is 0 Å². The number of pyridine rings is 2. The van der Waals surface area contributed by atoms with Crippen molar-refractivity contribution >= 4 is 16.7 Å². The van der Waals surface area contributed by atoms with Crippen molar-refractivity contribution < 1.29 is 4.79 Å². The highest BCUT2D eigenvalue weighted by atomic mass is 16.1. The molecule has 3 nitrogen and oxygen atoms in total. The maximum Gasteiger partial charge on any atom is 0.194 e. The van der Waals surface area contributed by atoms with E-state index in [1.54, 1.807) is 12.4 Å². The number of carbonyl (C=O) groups excluding carboxylic acids is 1. The monoisotopic (exact) mass is 308 g/mol. The van der Waals surface area contributed by atoms with E-state index >= 15 is 0 Å². The van der Waals surface area contributed by atoms with E-state index in [9.17, 15) is 4.79 Å². The van der Waals surface area contributed by atoms with Gasteiger partial charge in [-0.3, -0.25) is 14.8 Å². The minimum Gasteiger partial charge on any atom is -0.289 e. The van der Waals surface area contributed by atoms with Gasteiger partial charge in [0, 0.05) is 40.7 Å². The first-order chi connectivity index (χ1) is 11.8. The van der Waals surface area contributed by atoms with Crippen LogP contribution in [0.25, 0.3) is 33.2 Å². The lowest BCUT2D eigenvalue weighted by atomic mass is 9.98. The SMILES string of the molecule is O=C1c2ccccc2-c2ccc(-c3cncc4cccnc34)cc21. The lowest BCUT2D eigenvalue weighted by Gasteiger charge is -2.07. The molecule has 3 heteroatoms. The van der Waals surface area contributed by atoms with Gasteiger partial charge in [-0.25, -0.2) is 0 Å². The first-order valence-electron chi connectivity index (χ1n) is 7.80. The number of aromatic nitrogens is 2. The third kappa shape index (κ3) is 1.75. The van der Waals surface area contributed by atoms with Gasteiger partial charge in [0.25, 0.3) is 0 Å². The van der Waals surface area contributed by atoms with E-state index in [1.165, 1.54) is 0 Å². The zero-order chi connectivity index (χ0) is 16.1. The molecule has 4 aromatic rings. The van der Waals surface area contributed by atoms with Crippen molar-refractivity contribution in [2.24, 2.45) is 0 Å². The van der Waals surface area contributed by atoms with Gasteiger partial charge >= 0.3 is 0 Å². The van der Waals surface area contributed by atoms with Gasteiger partial charge in [0.05, 0.1) is 5.52 Å². The van der Waals surface area contributed by atoms with Gasteiger partial charge in [0.2, 0.25) is 0 Å². The Bertz CT molecular complexity index is 1130. The molecule has 0 aliphatic heterocycles. The Labute approximate surface area is 138 Å². The molecule has 0 atom stereocenters. The average Bonchev–Trinajstić information content (AvgIpc) is 2.94. The fraction of sp³-hybridized carbons (Fsp3) is 0. The summed E-state index contributed by atoms with van der Waals surface area (Å²) in [6, 6.07) is 17.7. The molecule has 112 valence electrons. The van der Waals surface area contributed by atoms with Crippen molar-refractivity contribution in [2.45, 2.75) is 0 Å². The van der Waals surface area contributed by atoms with Crippen LogP contribution in [0.2, 0.25) is 0 Å². The highest BCUT2D eigenvalue weighted by molar-refractivity contribution is 6.22. The lowest BCUT2D eigenvalue weighted by Crippen LogP contribution is -1.95. The summed E-state index contributed by atoms with van der Waals surface area (Å²) >= 11 is 0. The zero-order valence-electron chi connectivity index (χ0n) is 12.7. The largest absolute Gasteiger partial charge is 0.289 e. The van der Waals surface area contributed by atoms with Crippen LogP contribution in [0.4, 0.5) is 0 Å². The molecule has 0 bridgehead atoms. The summed E-state index contributed by atoms with van der Waals surface area (Å²) in [4.78, 5) is 21.5. The van der Waals surface area contributed by atoms with Crippen molar-refractivity contribution in [3.8, 4) is 22.3 Å². The second kappa shape index (κ2) is 4.83. The number of fused-ring (bicyclic) bond motifs is 4. The van der Waals surface area contributed by atoms with Crippen LogP contribution in [-0.4, -0.2) is 15.8 Å². The Kier molecular flexibility index (Phi) is 2.65. The van der Waals surface area contributed by atoms with Gasteiger partial charge in [-0.2, -0.15) is 0 Å². The Morgan fingerprint density at radius 2 is 1.54 bits per heavy atom. The normalized spacial score (nSPS) is 12.2. The summed E-state index contributed by atoms with van der Waals surface area (Å²) in [5.41, 5.74) is 6.35. The molecule has 0 radical (unpaired) electrons. The van der Waals surface area contributed by atoms with Crippen LogP contribution in [0.1, 0.15) is 15.9 Å². The summed E-state index contributed by atoms with van der Waals surface area (Å²) in [5, 5.41) is 0.991. The molecule has 1 aliphatic rings. The fourth-order valence-electron chi connectivity index (χ4n) is 3.41. The van der Waals surface area contributed by atoms with E-state index in [2.05, 4.69) is 9.97 Å². The molecule has 5 rings (SSSR count). The first-order valence-corrected chi connectivity index (χ1v) is 7.80. The van der Waals surface area contributed by atoms with Crippen molar-refractivity contribution in [3.63, 3.8) is 0 Å². The smallest absolute Gasteiger partial charge is 0.194 e. The number of hydrogen-bond donors (Lipinski definition) is 0. The maximum atomic E-state index is 12.7. The highest BCUT2D eigenvalue weighted by Gasteiger charge is 2.26. The molecule has 2 aromatic carbocycles. The molecule has 2 aromatic heterocycles. The van der Waals surface area contributed by atoms with Crippen molar-refractivity contribution in [1.82, 2.24) is 9.97 Å². The number of hydrogen-bond acceptors (Lipinski definition) is 3. The third-order valence-corrected chi connectivity index (χ3v) is 4.55. The summed E-state index contributed by atoms with van der Waals surface area (Å²) in [7, 11) is 0. The van der Waals surface area contributed by atoms with Crippen LogP contribution in [-0.2, 0) is 0 Å². The molecule has 0 amide bonds. The molecule has 0 fully saturated rings. The summed E-state index contributed by atoms with van der Waals surface area (Å²) in [6.45, 7) is 0. The van der Waals surface area contributed by atoms with Gasteiger partial charge < -0.3 is 0 Å². The van der Waals surface area contributed by atoms with Crippen LogP contribution in [0, 0.1) is 0 Å². The van der Waals surface area contributed by atoms with Crippen molar-refractivity contribution in [2.75, 3.05) is 0 Å². The maximum absolute atomic E-state index is 12.7. The number of carbonyl (C=O) groups is 1. The predicted molar refractivity (Wildman–Crippen MR) is 93.8 cm³/mol. The lowest BCUT2D eigenvalue weighted by molar-refractivity contribution is 0.104. The minimum absolute atomic E-state index is 0.0867. The Balaban J connectivity index is 1.74. The molecule has 0 N–H and O–H groups in total. The summed E-state index contributed by atoms with van der Waals surface area (Å²) in [5.74, 6) is 0.0867. The standard InChI is InChI=1S/C21H12N2O/c24-21-17-6-2-1-5-15(17)16-8-7-13(10-18(16)21)19-12-22-11-14-4-3-9-23-20(14)19/h1-12H. The molecule has 0 unspecified atom stereocenters. The van der Waals surface area contributed by atoms with Crippen molar-refractivity contribution in [1.29, 1.82) is 0 Å². The molecular weight excluding hydrogens is 296 g/mol. The molecule has 0 saturated carbocycles. The number of ketones is 1. The highest BCUT2D eigenvalue weighted by Crippen LogP contribution is 2.39. The van der Waals surface area contributed by atoms with E-state index in [0.29, 0.717) is 0 Å². The zero-order valence-corrected chi connectivity index (χ0v) is 12.7. The average molecular weight is 308 g/mol. The van der Waals surface area contributed by atoms with Gasteiger partial charge in [-0.15, -0.1) is 0 Å². The van der Waals surface area contributed by atoms with E-state index in [4.69, 9.17) is 0 Å². The second-order valence-corrected chi connectivity index (χ2v) is 5.90. The number of benzene rings is 2. The van der Waals surface area contributed by atoms with Crippen LogP contribution >= 0.6 is 0 Å². The molecule has 0 saturated heterocycles. The van der Waals surface area contributed by atoms with Gasteiger partial charge in [0.1, 0.15) is 0 Å². The number of nitrogens with zero attached hydrogens (tertiary/aromatic N) is 2. The topological polar surface area (TPSA) is 42.9 Å². The molecule has 0 spiro atoms. The van der Waals surface area contributed by atoms with Crippen LogP contribution in [0.3, 0.4) is 0 Å². The Morgan fingerprint density at radius 1 is 0.708 bits per heavy atom. The van der Waals surface area contributed by atoms with Gasteiger partial charge in [-0.1, -0.05) is 36.4 Å². The summed E-state index contributed by atoms with van der Waals surface area (Å²) in [6.07, 6.45) is 5.39. The third-order valence-electron chi connectivity index (χ3n) is 4.55. The Hall–Kier alpha value is -3.33. The minimum atomic E-state index is 0.0867. The van der Waals surface area contributed by atoms with Crippen LogP contribution in [0.15, 0.2) is 73.2 Å². The predicted octanol–water partition coefficient (Wildman–Crippen LogP) is 4.51. The van der Waals surface area contributed by atoms with E-state index in [1.807, 2.05) is 60.8 Å². The number of rotatable bonds is 1. The fourth-order valence-corrected chi connectivity index (χ4v) is 3.41. The van der Waals surface area contributed by atoms with Crippen LogP contribution < -0.4 is 0 Å². The molecule has 24 heavy (non-hydrogen) atoms. The molecule has 2 heterocycles. The first kappa shape index (κ1) is 13.1. The second-order valence-electron chi connectivity index (χ2n) is 5.90. The van der Waals surface area contributed by atoms with Gasteiger partial charge in [0.15, 0.2) is 5.78 Å². The van der Waals surface area contributed by atoms with Gasteiger partial charge in [-0.05, 0) is 34.9 Å². The molecular formula is C21H12N2O. The summed E-state index contributed by atoms with van der Waals surface area (Å²) < 4.78 is 0. The quantitative estimate of drug-likeness (QED) is 0.457. The van der Waals surface area contributed by atoms with E-state index in [0.717, 1.165) is 44.3 Å². The van der Waals surface area contributed by atoms with E-state index in [-0.39, 0.29) is 5.78 Å². The Morgan fingerprint density at radius 3 is 2.46 bits per heavy atom. The van der Waals surface area contributed by atoms with E-state index < -0.39 is 0 Å². The van der Waals surface area contributed by atoms with Crippen molar-refractivity contribution in [3.05, 3.63) is 84.3 Å².